The van der Waals surface area contributed by atoms with Gasteiger partial charge < -0.3 is 9.84 Å². The zero-order chi connectivity index (χ0) is 12.6. The standard InChI is InChI=1S/C15H21NO2/c1-12-15(17,7-8-18-12)11-16-9-14(10-16)13-5-3-2-4-6-13/h2-6,12,14,17H,7-11H2,1H3. The van der Waals surface area contributed by atoms with E-state index in [4.69, 9.17) is 4.74 Å². The Labute approximate surface area is 108 Å². The van der Waals surface area contributed by atoms with E-state index in [1.165, 1.54) is 5.56 Å². The quantitative estimate of drug-likeness (QED) is 0.881. The minimum Gasteiger partial charge on any atom is -0.386 e. The normalized spacial score (nSPS) is 33.6. The summed E-state index contributed by atoms with van der Waals surface area (Å²) in [5.74, 6) is 0.632. The van der Waals surface area contributed by atoms with Crippen LogP contribution in [0.1, 0.15) is 24.8 Å². The first-order valence-corrected chi connectivity index (χ1v) is 6.79. The summed E-state index contributed by atoms with van der Waals surface area (Å²) in [6.45, 7) is 5.52. The van der Waals surface area contributed by atoms with Crippen molar-refractivity contribution in [1.82, 2.24) is 4.90 Å². The number of ether oxygens (including phenoxy) is 1. The van der Waals surface area contributed by atoms with Gasteiger partial charge in [0, 0.05) is 38.6 Å². The summed E-state index contributed by atoms with van der Waals surface area (Å²) in [6, 6.07) is 10.6. The van der Waals surface area contributed by atoms with Crippen molar-refractivity contribution in [2.75, 3.05) is 26.2 Å². The van der Waals surface area contributed by atoms with Crippen molar-refractivity contribution in [3.8, 4) is 0 Å². The van der Waals surface area contributed by atoms with Crippen molar-refractivity contribution in [3.05, 3.63) is 35.9 Å². The first kappa shape index (κ1) is 12.2. The summed E-state index contributed by atoms with van der Waals surface area (Å²) in [5.41, 5.74) is 0.776. The van der Waals surface area contributed by atoms with E-state index in [1.807, 2.05) is 6.92 Å². The predicted molar refractivity (Wildman–Crippen MR) is 70.6 cm³/mol. The maximum absolute atomic E-state index is 10.5. The Bertz CT molecular complexity index is 402. The molecule has 2 atom stereocenters. The molecule has 2 heterocycles. The molecule has 0 aromatic heterocycles. The third-order valence-corrected chi connectivity index (χ3v) is 4.39. The van der Waals surface area contributed by atoms with Crippen molar-refractivity contribution in [2.24, 2.45) is 0 Å². The SMILES string of the molecule is CC1OCCC1(O)CN1CC(c2ccccc2)C1. The number of hydrogen-bond donors (Lipinski definition) is 1. The van der Waals surface area contributed by atoms with Crippen LogP contribution in [0.4, 0.5) is 0 Å². The summed E-state index contributed by atoms with van der Waals surface area (Å²) in [7, 11) is 0. The lowest BCUT2D eigenvalue weighted by Gasteiger charge is -2.43. The summed E-state index contributed by atoms with van der Waals surface area (Å²) < 4.78 is 5.47. The second-order valence-electron chi connectivity index (χ2n) is 5.67. The Hall–Kier alpha value is -0.900. The molecule has 2 aliphatic heterocycles. The average Bonchev–Trinajstić information content (AvgIpc) is 2.65. The molecule has 0 radical (unpaired) electrons. The number of benzene rings is 1. The minimum atomic E-state index is -0.637. The third kappa shape index (κ3) is 2.18. The molecular formula is C15H21NO2. The molecule has 3 rings (SSSR count). The molecule has 0 saturated carbocycles. The molecule has 2 fully saturated rings. The van der Waals surface area contributed by atoms with E-state index < -0.39 is 5.60 Å². The smallest absolute Gasteiger partial charge is 0.105 e. The lowest BCUT2D eigenvalue weighted by Crippen LogP contribution is -2.54. The highest BCUT2D eigenvalue weighted by Crippen LogP contribution is 2.32. The molecule has 1 aromatic carbocycles. The van der Waals surface area contributed by atoms with E-state index in [0.29, 0.717) is 12.5 Å². The molecule has 18 heavy (non-hydrogen) atoms. The molecule has 0 aliphatic carbocycles. The van der Waals surface area contributed by atoms with Gasteiger partial charge in [-0.3, -0.25) is 4.90 Å². The largest absolute Gasteiger partial charge is 0.386 e. The van der Waals surface area contributed by atoms with Gasteiger partial charge in [-0.2, -0.15) is 0 Å². The summed E-state index contributed by atoms with van der Waals surface area (Å²) >= 11 is 0. The van der Waals surface area contributed by atoms with Gasteiger partial charge in [-0.05, 0) is 12.5 Å². The van der Waals surface area contributed by atoms with Gasteiger partial charge in [0.1, 0.15) is 5.60 Å². The van der Waals surface area contributed by atoms with E-state index in [2.05, 4.69) is 35.2 Å². The van der Waals surface area contributed by atoms with Gasteiger partial charge in [0.15, 0.2) is 0 Å². The van der Waals surface area contributed by atoms with E-state index in [1.54, 1.807) is 0 Å². The van der Waals surface area contributed by atoms with Crippen LogP contribution in [0.15, 0.2) is 30.3 Å². The zero-order valence-electron chi connectivity index (χ0n) is 10.9. The number of β-amino-alcohol motifs (C(OH)–C–C–N with tert-alkyl or cyclic N) is 1. The highest BCUT2D eigenvalue weighted by Gasteiger charge is 2.43. The first-order chi connectivity index (χ1) is 8.67. The van der Waals surface area contributed by atoms with Crippen LogP contribution in [0.2, 0.25) is 0 Å². The lowest BCUT2D eigenvalue weighted by atomic mass is 9.88. The molecule has 1 N–H and O–H groups in total. The summed E-state index contributed by atoms with van der Waals surface area (Å²) in [5, 5.41) is 10.5. The Morgan fingerprint density at radius 3 is 2.67 bits per heavy atom. The average molecular weight is 247 g/mol. The Kier molecular flexibility index (Phi) is 3.14. The number of hydrogen-bond acceptors (Lipinski definition) is 3. The van der Waals surface area contributed by atoms with Crippen LogP contribution < -0.4 is 0 Å². The topological polar surface area (TPSA) is 32.7 Å². The molecule has 98 valence electrons. The van der Waals surface area contributed by atoms with Gasteiger partial charge in [0.2, 0.25) is 0 Å². The van der Waals surface area contributed by atoms with Crippen LogP contribution in [0, 0.1) is 0 Å². The monoisotopic (exact) mass is 247 g/mol. The third-order valence-electron chi connectivity index (χ3n) is 4.39. The molecule has 2 unspecified atom stereocenters. The van der Waals surface area contributed by atoms with Crippen LogP contribution in [0.5, 0.6) is 0 Å². The molecular weight excluding hydrogens is 226 g/mol. The van der Waals surface area contributed by atoms with Crippen molar-refractivity contribution in [2.45, 2.75) is 31.0 Å². The molecule has 3 nitrogen and oxygen atoms in total. The van der Waals surface area contributed by atoms with Crippen LogP contribution in [-0.2, 0) is 4.74 Å². The van der Waals surface area contributed by atoms with Crippen molar-refractivity contribution in [3.63, 3.8) is 0 Å². The van der Waals surface area contributed by atoms with Gasteiger partial charge in [0.25, 0.3) is 0 Å². The fourth-order valence-electron chi connectivity index (χ4n) is 3.00. The van der Waals surface area contributed by atoms with Crippen LogP contribution in [-0.4, -0.2) is 48.0 Å². The van der Waals surface area contributed by atoms with E-state index >= 15 is 0 Å². The molecule has 0 amide bonds. The second kappa shape index (κ2) is 4.65. The lowest BCUT2D eigenvalue weighted by molar-refractivity contribution is -0.0621. The molecule has 2 saturated heterocycles. The number of likely N-dealkylation sites (tertiary alicyclic amines) is 1. The van der Waals surface area contributed by atoms with Gasteiger partial charge in [-0.15, -0.1) is 0 Å². The van der Waals surface area contributed by atoms with Crippen LogP contribution in [0.25, 0.3) is 0 Å². The molecule has 1 aromatic rings. The maximum atomic E-state index is 10.5. The second-order valence-corrected chi connectivity index (χ2v) is 5.67. The molecule has 0 spiro atoms. The number of rotatable bonds is 3. The number of nitrogens with zero attached hydrogens (tertiary/aromatic N) is 1. The van der Waals surface area contributed by atoms with Gasteiger partial charge >= 0.3 is 0 Å². The number of aliphatic hydroxyl groups is 1. The van der Waals surface area contributed by atoms with Crippen molar-refractivity contribution < 1.29 is 9.84 Å². The van der Waals surface area contributed by atoms with Crippen LogP contribution in [0.3, 0.4) is 0 Å². The highest BCUT2D eigenvalue weighted by molar-refractivity contribution is 5.22. The Morgan fingerprint density at radius 1 is 1.33 bits per heavy atom. The summed E-state index contributed by atoms with van der Waals surface area (Å²) in [6.07, 6.45) is 0.731. The minimum absolute atomic E-state index is 0.0340. The van der Waals surface area contributed by atoms with Gasteiger partial charge in [0.05, 0.1) is 6.10 Å². The maximum Gasteiger partial charge on any atom is 0.105 e. The molecule has 3 heteroatoms. The van der Waals surface area contributed by atoms with Crippen LogP contribution >= 0.6 is 0 Å². The van der Waals surface area contributed by atoms with E-state index in [-0.39, 0.29) is 6.10 Å². The van der Waals surface area contributed by atoms with E-state index in [9.17, 15) is 5.11 Å². The molecule has 2 aliphatic rings. The van der Waals surface area contributed by atoms with Crippen molar-refractivity contribution >= 4 is 0 Å². The molecule has 0 bridgehead atoms. The van der Waals surface area contributed by atoms with Gasteiger partial charge in [-0.1, -0.05) is 30.3 Å². The zero-order valence-corrected chi connectivity index (χ0v) is 10.9. The highest BCUT2D eigenvalue weighted by atomic mass is 16.5. The fourth-order valence-corrected chi connectivity index (χ4v) is 3.00. The summed E-state index contributed by atoms with van der Waals surface area (Å²) in [4.78, 5) is 2.34. The van der Waals surface area contributed by atoms with Gasteiger partial charge in [-0.25, -0.2) is 0 Å². The first-order valence-electron chi connectivity index (χ1n) is 6.79. The van der Waals surface area contributed by atoms with Crippen molar-refractivity contribution in [1.29, 1.82) is 0 Å². The van der Waals surface area contributed by atoms with E-state index in [0.717, 1.165) is 26.1 Å². The predicted octanol–water partition coefficient (Wildman–Crippen LogP) is 1.63. The Morgan fingerprint density at radius 2 is 2.06 bits per heavy atom. The fraction of sp³-hybridized carbons (Fsp3) is 0.600. The Balaban J connectivity index is 1.54.